The number of carbonyl (C=O) groups is 1. The zero-order valence-corrected chi connectivity index (χ0v) is 10.3. The molecule has 0 heterocycles. The van der Waals surface area contributed by atoms with Gasteiger partial charge < -0.3 is 5.11 Å². The minimum atomic E-state index is -5.08. The Kier molecular flexibility index (Phi) is 3.79. The monoisotopic (exact) mass is 280 g/mol. The van der Waals surface area contributed by atoms with Crippen LogP contribution in [0.5, 0.6) is 0 Å². The molecule has 20 heavy (non-hydrogen) atoms. The Labute approximate surface area is 113 Å². The lowest BCUT2D eigenvalue weighted by atomic mass is 10.1. The van der Waals surface area contributed by atoms with Crippen LogP contribution in [0.2, 0.25) is 0 Å². The number of hydrogen-bond donors (Lipinski definition) is 1. The van der Waals surface area contributed by atoms with Crippen molar-refractivity contribution in [2.75, 3.05) is 0 Å². The summed E-state index contributed by atoms with van der Waals surface area (Å²) in [6, 6.07) is 17.3. The number of benzene rings is 2. The molecule has 0 unspecified atom stereocenters. The lowest BCUT2D eigenvalue weighted by Gasteiger charge is -1.98. The second-order valence-electron chi connectivity index (χ2n) is 4.29. The van der Waals surface area contributed by atoms with Crippen LogP contribution in [0.15, 0.2) is 48.5 Å². The summed E-state index contributed by atoms with van der Waals surface area (Å²) in [6.07, 6.45) is -3.98. The van der Waals surface area contributed by atoms with Gasteiger partial charge >= 0.3 is 12.1 Å². The number of halogens is 3. The van der Waals surface area contributed by atoms with Crippen LogP contribution in [0.3, 0.4) is 0 Å². The molecule has 0 amide bonds. The van der Waals surface area contributed by atoms with E-state index in [1.54, 1.807) is 0 Å². The van der Waals surface area contributed by atoms with Gasteiger partial charge in [-0.15, -0.1) is 0 Å². The first-order valence-corrected chi connectivity index (χ1v) is 5.86. The molecule has 0 saturated carbocycles. The summed E-state index contributed by atoms with van der Waals surface area (Å²) >= 11 is 0. The van der Waals surface area contributed by atoms with Crippen LogP contribution in [-0.4, -0.2) is 17.3 Å². The van der Waals surface area contributed by atoms with Gasteiger partial charge in [-0.25, -0.2) is 4.79 Å². The molecule has 104 valence electrons. The lowest BCUT2D eigenvalue weighted by molar-refractivity contribution is -0.192. The summed E-state index contributed by atoms with van der Waals surface area (Å²) in [5, 5.41) is 7.12. The summed E-state index contributed by atoms with van der Waals surface area (Å²) in [5.74, 6) is -2.76. The fourth-order valence-corrected chi connectivity index (χ4v) is 2.08. The van der Waals surface area contributed by atoms with E-state index < -0.39 is 12.1 Å². The average Bonchev–Trinajstić information content (AvgIpc) is 2.77. The second-order valence-corrected chi connectivity index (χ2v) is 4.29. The number of hydrogen-bond acceptors (Lipinski definition) is 1. The van der Waals surface area contributed by atoms with Crippen LogP contribution in [0.4, 0.5) is 13.2 Å². The van der Waals surface area contributed by atoms with Gasteiger partial charge in [0.1, 0.15) is 0 Å². The Bertz CT molecular complexity index is 590. The van der Waals surface area contributed by atoms with Crippen molar-refractivity contribution in [2.45, 2.75) is 12.6 Å². The van der Waals surface area contributed by atoms with Crippen LogP contribution in [-0.2, 0) is 11.2 Å². The molecule has 2 nitrogen and oxygen atoms in total. The smallest absolute Gasteiger partial charge is 0.475 e. The Balaban J connectivity index is 0.000000182. The Morgan fingerprint density at radius 1 is 0.900 bits per heavy atom. The van der Waals surface area contributed by atoms with Gasteiger partial charge in [-0.1, -0.05) is 48.5 Å². The molecule has 0 fully saturated rings. The molecule has 2 aromatic carbocycles. The van der Waals surface area contributed by atoms with Crippen molar-refractivity contribution in [3.05, 3.63) is 59.7 Å². The van der Waals surface area contributed by atoms with Crippen molar-refractivity contribution in [2.24, 2.45) is 0 Å². The molecular weight excluding hydrogens is 269 g/mol. The lowest BCUT2D eigenvalue weighted by Crippen LogP contribution is -2.21. The van der Waals surface area contributed by atoms with Crippen LogP contribution < -0.4 is 0 Å². The molecule has 0 aliphatic heterocycles. The van der Waals surface area contributed by atoms with E-state index in [4.69, 9.17) is 9.90 Å². The molecule has 1 aliphatic rings. The van der Waals surface area contributed by atoms with E-state index in [1.807, 2.05) is 0 Å². The molecule has 0 atom stereocenters. The summed E-state index contributed by atoms with van der Waals surface area (Å²) in [6.45, 7) is 0. The van der Waals surface area contributed by atoms with Gasteiger partial charge in [-0.05, 0) is 28.7 Å². The molecule has 1 aliphatic carbocycles. The molecule has 2 aromatic rings. The van der Waals surface area contributed by atoms with E-state index in [2.05, 4.69) is 48.5 Å². The largest absolute Gasteiger partial charge is 0.490 e. The highest BCUT2D eigenvalue weighted by molar-refractivity contribution is 5.76. The summed E-state index contributed by atoms with van der Waals surface area (Å²) in [7, 11) is 0. The highest BCUT2D eigenvalue weighted by Gasteiger charge is 2.38. The number of aliphatic carboxylic acids is 1. The van der Waals surface area contributed by atoms with Crippen LogP contribution >= 0.6 is 0 Å². The van der Waals surface area contributed by atoms with Crippen molar-refractivity contribution < 1.29 is 23.1 Å². The van der Waals surface area contributed by atoms with Crippen molar-refractivity contribution in [3.63, 3.8) is 0 Å². The Morgan fingerprint density at radius 3 is 1.60 bits per heavy atom. The zero-order chi connectivity index (χ0) is 14.8. The number of carboxylic acid groups (broad SMARTS) is 1. The average molecular weight is 280 g/mol. The van der Waals surface area contributed by atoms with E-state index in [1.165, 1.54) is 22.3 Å². The predicted octanol–water partition coefficient (Wildman–Crippen LogP) is 3.89. The SMILES string of the molecule is O=C(O)C(F)(F)F.c1ccc2c(c1)Cc1ccccc1-2. The highest BCUT2D eigenvalue weighted by atomic mass is 19.4. The van der Waals surface area contributed by atoms with E-state index in [0.29, 0.717) is 0 Å². The summed E-state index contributed by atoms with van der Waals surface area (Å²) < 4.78 is 31.7. The first kappa shape index (κ1) is 14.1. The molecule has 0 radical (unpaired) electrons. The number of fused-ring (bicyclic) bond motifs is 3. The number of alkyl halides is 3. The second kappa shape index (κ2) is 5.36. The minimum absolute atomic E-state index is 1.10. The molecule has 3 rings (SSSR count). The van der Waals surface area contributed by atoms with Crippen molar-refractivity contribution in [1.29, 1.82) is 0 Å². The number of rotatable bonds is 0. The molecule has 5 heteroatoms. The molecule has 0 bridgehead atoms. The maximum atomic E-state index is 10.6. The Morgan fingerprint density at radius 2 is 1.25 bits per heavy atom. The van der Waals surface area contributed by atoms with Crippen LogP contribution in [0.25, 0.3) is 11.1 Å². The molecule has 0 spiro atoms. The molecule has 0 aromatic heterocycles. The Hall–Kier alpha value is -2.30. The third kappa shape index (κ3) is 2.99. The van der Waals surface area contributed by atoms with E-state index in [-0.39, 0.29) is 0 Å². The maximum absolute atomic E-state index is 10.6. The van der Waals surface area contributed by atoms with Gasteiger partial charge in [0.2, 0.25) is 0 Å². The van der Waals surface area contributed by atoms with Gasteiger partial charge in [0.05, 0.1) is 0 Å². The highest BCUT2D eigenvalue weighted by Crippen LogP contribution is 2.35. The molecule has 0 saturated heterocycles. The standard InChI is InChI=1S/C13H10.C2HF3O2/c1-3-7-12-10(5-1)9-11-6-2-4-8-13(11)12;3-2(4,5)1(6)7/h1-8H,9H2;(H,6,7). The van der Waals surface area contributed by atoms with E-state index >= 15 is 0 Å². The third-order valence-electron chi connectivity index (χ3n) is 2.95. The molecule has 1 N–H and O–H groups in total. The van der Waals surface area contributed by atoms with Crippen molar-refractivity contribution in [1.82, 2.24) is 0 Å². The normalized spacial score (nSPS) is 11.9. The fraction of sp³-hybridized carbons (Fsp3) is 0.133. The van der Waals surface area contributed by atoms with Crippen LogP contribution in [0, 0.1) is 0 Å². The fourth-order valence-electron chi connectivity index (χ4n) is 2.08. The number of carboxylic acids is 1. The van der Waals surface area contributed by atoms with Gasteiger partial charge in [0, 0.05) is 0 Å². The first-order valence-electron chi connectivity index (χ1n) is 5.86. The van der Waals surface area contributed by atoms with Crippen molar-refractivity contribution >= 4 is 5.97 Å². The first-order chi connectivity index (χ1) is 9.39. The quantitative estimate of drug-likeness (QED) is 0.678. The topological polar surface area (TPSA) is 37.3 Å². The van der Waals surface area contributed by atoms with Crippen LogP contribution in [0.1, 0.15) is 11.1 Å². The summed E-state index contributed by atoms with van der Waals surface area (Å²) in [5.41, 5.74) is 5.75. The minimum Gasteiger partial charge on any atom is -0.475 e. The van der Waals surface area contributed by atoms with E-state index in [0.717, 1.165) is 6.42 Å². The van der Waals surface area contributed by atoms with Gasteiger partial charge in [-0.2, -0.15) is 13.2 Å². The predicted molar refractivity (Wildman–Crippen MR) is 68.4 cm³/mol. The maximum Gasteiger partial charge on any atom is 0.490 e. The van der Waals surface area contributed by atoms with Gasteiger partial charge in [0.15, 0.2) is 0 Å². The van der Waals surface area contributed by atoms with Crippen molar-refractivity contribution in [3.8, 4) is 11.1 Å². The van der Waals surface area contributed by atoms with E-state index in [9.17, 15) is 13.2 Å². The third-order valence-corrected chi connectivity index (χ3v) is 2.95. The van der Waals surface area contributed by atoms with Gasteiger partial charge in [-0.3, -0.25) is 0 Å². The summed E-state index contributed by atoms with van der Waals surface area (Å²) in [4.78, 5) is 8.90. The molecular formula is C15H11F3O2. The van der Waals surface area contributed by atoms with Gasteiger partial charge in [0.25, 0.3) is 0 Å². The zero-order valence-electron chi connectivity index (χ0n) is 10.3.